The Bertz CT molecular complexity index is 1300. The first-order chi connectivity index (χ1) is 30.4. The van der Waals surface area contributed by atoms with Gasteiger partial charge >= 0.3 is 17.9 Å². The van der Waals surface area contributed by atoms with E-state index in [2.05, 4.69) is 21.3 Å². The van der Waals surface area contributed by atoms with Crippen LogP contribution in [0.1, 0.15) is 164 Å². The van der Waals surface area contributed by atoms with Crippen molar-refractivity contribution in [1.82, 2.24) is 21.3 Å². The Morgan fingerprint density at radius 1 is 0.438 bits per heavy atom. The van der Waals surface area contributed by atoms with Crippen molar-refractivity contribution in [3.8, 4) is 0 Å². The van der Waals surface area contributed by atoms with Gasteiger partial charge in [0.05, 0.1) is 46.1 Å². The summed E-state index contributed by atoms with van der Waals surface area (Å²) in [4.78, 5) is 83.7. The molecule has 64 heavy (non-hydrogen) atoms. The van der Waals surface area contributed by atoms with Crippen molar-refractivity contribution in [2.45, 2.75) is 181 Å². The second-order valence-electron chi connectivity index (χ2n) is 17.8. The summed E-state index contributed by atoms with van der Waals surface area (Å²) < 4.78 is 32.1. The maximum atomic E-state index is 12.9. The minimum atomic E-state index is -1.00. The third kappa shape index (κ3) is 43.4. The van der Waals surface area contributed by atoms with Gasteiger partial charge in [0.15, 0.2) is 0 Å². The first-order valence-electron chi connectivity index (χ1n) is 23.4. The topological polar surface area (TPSA) is 243 Å². The number of ether oxygens (including phenoxy) is 6. The molecule has 0 aromatic rings. The van der Waals surface area contributed by atoms with Crippen LogP contribution in [-0.4, -0.2) is 136 Å². The van der Waals surface area contributed by atoms with Crippen molar-refractivity contribution in [3.05, 3.63) is 0 Å². The van der Waals surface area contributed by atoms with Crippen molar-refractivity contribution in [2.75, 3.05) is 72.5 Å². The lowest BCUT2D eigenvalue weighted by Gasteiger charge is -2.24. The second kappa shape index (κ2) is 38.4. The fourth-order valence-electron chi connectivity index (χ4n) is 6.03. The van der Waals surface area contributed by atoms with Gasteiger partial charge in [-0.05, 0) is 60.8 Å². The molecule has 0 radical (unpaired) electrons. The van der Waals surface area contributed by atoms with E-state index in [4.69, 9.17) is 33.5 Å². The van der Waals surface area contributed by atoms with Crippen molar-refractivity contribution in [3.63, 3.8) is 0 Å². The number of unbranched alkanes of at least 4 members (excludes halogenated alkanes) is 13. The van der Waals surface area contributed by atoms with Crippen LogP contribution >= 0.6 is 0 Å². The van der Waals surface area contributed by atoms with Gasteiger partial charge in [-0.2, -0.15) is 0 Å². The number of carboxylic acid groups (broad SMARTS) is 1. The summed E-state index contributed by atoms with van der Waals surface area (Å²) in [5, 5.41) is 19.1. The minimum absolute atomic E-state index is 0.00884. The Morgan fingerprint density at radius 2 is 0.844 bits per heavy atom. The SMILES string of the molecule is CC(C)(C)OC(=O)CCCCCCCCCCCCCCCCC(=O)N[C@@H](CCC(=O)NCCOCCOCC(=O)NCCOCCOCC(=O)NCCC(=O)O)C(=O)OC(C)(C)C. The van der Waals surface area contributed by atoms with Crippen LogP contribution in [0.2, 0.25) is 0 Å². The van der Waals surface area contributed by atoms with Gasteiger partial charge in [0.25, 0.3) is 0 Å². The van der Waals surface area contributed by atoms with Crippen LogP contribution in [0.15, 0.2) is 0 Å². The number of nitrogens with one attached hydrogen (secondary N) is 4. The lowest BCUT2D eigenvalue weighted by molar-refractivity contribution is -0.159. The fraction of sp³-hybridized carbons (Fsp3) is 0.848. The van der Waals surface area contributed by atoms with Crippen LogP contribution in [0.25, 0.3) is 0 Å². The molecule has 0 aromatic heterocycles. The molecule has 0 aromatic carbocycles. The lowest BCUT2D eigenvalue weighted by Crippen LogP contribution is -2.44. The van der Waals surface area contributed by atoms with Crippen molar-refractivity contribution in [2.24, 2.45) is 0 Å². The number of carbonyl (C=O) groups is 7. The Hall–Kier alpha value is -3.87. The summed E-state index contributed by atoms with van der Waals surface area (Å²) in [6.45, 7) is 12.3. The zero-order valence-corrected chi connectivity index (χ0v) is 40.0. The van der Waals surface area contributed by atoms with E-state index in [1.165, 1.54) is 51.4 Å². The Labute approximate surface area is 382 Å². The van der Waals surface area contributed by atoms with E-state index in [-0.39, 0.29) is 115 Å². The van der Waals surface area contributed by atoms with Gasteiger partial charge in [-0.1, -0.05) is 77.0 Å². The minimum Gasteiger partial charge on any atom is -0.481 e. The number of aliphatic carboxylic acids is 1. The van der Waals surface area contributed by atoms with E-state index < -0.39 is 35.1 Å². The van der Waals surface area contributed by atoms with Gasteiger partial charge in [0.2, 0.25) is 23.6 Å². The molecular formula is C46H84N4O14. The summed E-state index contributed by atoms with van der Waals surface area (Å²) in [5.41, 5.74) is -1.16. The van der Waals surface area contributed by atoms with Crippen molar-refractivity contribution >= 4 is 41.5 Å². The molecule has 0 saturated carbocycles. The molecular weight excluding hydrogens is 833 g/mol. The summed E-state index contributed by atoms with van der Waals surface area (Å²) in [6, 6.07) is -0.939. The van der Waals surface area contributed by atoms with Crippen molar-refractivity contribution in [1.29, 1.82) is 0 Å². The van der Waals surface area contributed by atoms with Crippen LogP contribution in [0.5, 0.6) is 0 Å². The predicted octanol–water partition coefficient (Wildman–Crippen LogP) is 5.07. The van der Waals surface area contributed by atoms with Crippen LogP contribution < -0.4 is 21.3 Å². The largest absolute Gasteiger partial charge is 0.481 e. The molecule has 5 N–H and O–H groups in total. The highest BCUT2D eigenvalue weighted by atomic mass is 16.6. The molecule has 0 bridgehead atoms. The molecule has 372 valence electrons. The zero-order valence-electron chi connectivity index (χ0n) is 40.0. The van der Waals surface area contributed by atoms with Gasteiger partial charge in [0, 0.05) is 38.9 Å². The van der Waals surface area contributed by atoms with Crippen LogP contribution in [-0.2, 0) is 62.0 Å². The average Bonchev–Trinajstić information content (AvgIpc) is 3.19. The van der Waals surface area contributed by atoms with E-state index >= 15 is 0 Å². The van der Waals surface area contributed by atoms with Gasteiger partial charge < -0.3 is 54.8 Å². The summed E-state index contributed by atoms with van der Waals surface area (Å²) in [7, 11) is 0. The smallest absolute Gasteiger partial charge is 0.329 e. The molecule has 0 fully saturated rings. The van der Waals surface area contributed by atoms with E-state index in [9.17, 15) is 33.6 Å². The van der Waals surface area contributed by atoms with Gasteiger partial charge in [0.1, 0.15) is 30.5 Å². The first-order valence-corrected chi connectivity index (χ1v) is 23.4. The first kappa shape index (κ1) is 60.1. The third-order valence-corrected chi connectivity index (χ3v) is 9.15. The Kier molecular flexibility index (Phi) is 36.1. The average molecular weight is 917 g/mol. The van der Waals surface area contributed by atoms with E-state index in [1.807, 2.05) is 20.8 Å². The van der Waals surface area contributed by atoms with E-state index in [0.717, 1.165) is 38.5 Å². The molecule has 0 saturated heterocycles. The molecule has 0 aliphatic rings. The highest BCUT2D eigenvalue weighted by Gasteiger charge is 2.27. The molecule has 0 unspecified atom stereocenters. The third-order valence-electron chi connectivity index (χ3n) is 9.15. The zero-order chi connectivity index (χ0) is 47.9. The number of rotatable bonds is 41. The number of hydrogen-bond donors (Lipinski definition) is 5. The maximum Gasteiger partial charge on any atom is 0.329 e. The highest BCUT2D eigenvalue weighted by Crippen LogP contribution is 2.16. The molecule has 0 rings (SSSR count). The Balaban J connectivity index is 3.97. The predicted molar refractivity (Wildman–Crippen MR) is 241 cm³/mol. The summed E-state index contributed by atoms with van der Waals surface area (Å²) in [5.74, 6) is -2.96. The normalized spacial score (nSPS) is 12.0. The van der Waals surface area contributed by atoms with Gasteiger partial charge in [-0.3, -0.25) is 28.8 Å². The summed E-state index contributed by atoms with van der Waals surface area (Å²) in [6.07, 6.45) is 16.4. The maximum absolute atomic E-state index is 12.9. The molecule has 18 heteroatoms. The van der Waals surface area contributed by atoms with Crippen LogP contribution in [0, 0.1) is 0 Å². The lowest BCUT2D eigenvalue weighted by atomic mass is 10.0. The standard InChI is InChI=1S/C46H84N4O14/c1-45(2,3)63-43(57)22-20-18-16-14-12-10-8-7-9-11-13-15-17-19-21-39(52)50-37(44(58)64-46(4,5)6)23-24-38(51)48-27-29-59-31-34-62-36-41(54)49-28-30-60-32-33-61-35-40(53)47-26-25-42(55)56/h37H,7-36H2,1-6H3,(H,47,53)(H,48,51)(H,49,54)(H,50,52)(H,55,56)/t37-/m0/s1. The molecule has 4 amide bonds. The van der Waals surface area contributed by atoms with E-state index in [0.29, 0.717) is 12.8 Å². The number of amides is 4. The number of carbonyl (C=O) groups excluding carboxylic acids is 6. The molecule has 0 aliphatic carbocycles. The van der Waals surface area contributed by atoms with Crippen LogP contribution in [0.4, 0.5) is 0 Å². The van der Waals surface area contributed by atoms with Crippen LogP contribution in [0.3, 0.4) is 0 Å². The monoisotopic (exact) mass is 917 g/mol. The Morgan fingerprint density at radius 3 is 1.30 bits per heavy atom. The number of carboxylic acids is 1. The highest BCUT2D eigenvalue weighted by molar-refractivity contribution is 5.85. The van der Waals surface area contributed by atoms with Crippen molar-refractivity contribution < 1.29 is 67.1 Å². The van der Waals surface area contributed by atoms with E-state index in [1.54, 1.807) is 20.8 Å². The molecule has 18 nitrogen and oxygen atoms in total. The molecule has 1 atom stereocenters. The number of esters is 2. The number of hydrogen-bond acceptors (Lipinski definition) is 13. The molecule has 0 spiro atoms. The summed E-state index contributed by atoms with van der Waals surface area (Å²) >= 11 is 0. The van der Waals surface area contributed by atoms with Gasteiger partial charge in [-0.15, -0.1) is 0 Å². The quantitative estimate of drug-likeness (QED) is 0.0398. The van der Waals surface area contributed by atoms with Gasteiger partial charge in [-0.25, -0.2) is 4.79 Å². The molecule has 0 heterocycles. The second-order valence-corrected chi connectivity index (χ2v) is 17.8. The molecule has 0 aliphatic heterocycles. The fourth-order valence-corrected chi connectivity index (χ4v) is 6.03.